The number of likely N-dealkylation sites (N-methyl/N-ethyl adjacent to an activating group) is 1. The van der Waals surface area contributed by atoms with Gasteiger partial charge in [-0.15, -0.1) is 0 Å². The maximum absolute atomic E-state index is 12.7. The maximum Gasteiger partial charge on any atom is 0.306 e. The molecule has 0 aromatic carbocycles. The molecule has 0 radical (unpaired) electrons. The summed E-state index contributed by atoms with van der Waals surface area (Å²) in [7, 11) is 1.11. The minimum absolute atomic E-state index is 0.0457. The molecular weight excluding hydrogens is 741 g/mol. The predicted octanol–water partition coefficient (Wildman–Crippen LogP) is 11.0. The van der Waals surface area contributed by atoms with Crippen LogP contribution in [0.25, 0.3) is 0 Å². The van der Waals surface area contributed by atoms with Gasteiger partial charge in [0, 0.05) is 12.8 Å². The fraction of sp³-hybridized carbons (Fsp3) is 0.783. The van der Waals surface area contributed by atoms with Crippen LogP contribution < -0.4 is 4.89 Å². The number of phosphoric acid groups is 1. The second-order valence-corrected chi connectivity index (χ2v) is 17.9. The van der Waals surface area contributed by atoms with Crippen LogP contribution in [0, 0.1) is 0 Å². The zero-order chi connectivity index (χ0) is 41.9. The van der Waals surface area contributed by atoms with Crippen molar-refractivity contribution in [2.45, 2.75) is 186 Å². The van der Waals surface area contributed by atoms with Gasteiger partial charge in [-0.2, -0.15) is 0 Å². The first-order valence-electron chi connectivity index (χ1n) is 22.5. The van der Waals surface area contributed by atoms with Crippen LogP contribution in [0.2, 0.25) is 0 Å². The van der Waals surface area contributed by atoms with E-state index in [-0.39, 0.29) is 26.1 Å². The summed E-state index contributed by atoms with van der Waals surface area (Å²) in [4.78, 5) is 37.6. The van der Waals surface area contributed by atoms with Crippen LogP contribution in [0.1, 0.15) is 168 Å². The van der Waals surface area contributed by atoms with Crippen LogP contribution >= 0.6 is 7.82 Å². The molecule has 0 aromatic heterocycles. The highest BCUT2D eigenvalue weighted by Crippen LogP contribution is 2.38. The number of hydrogen-bond donors (Lipinski definition) is 0. The average Bonchev–Trinajstić information content (AvgIpc) is 3.92. The van der Waals surface area contributed by atoms with Crippen LogP contribution in [0.3, 0.4) is 0 Å². The number of ether oxygens (including phenoxy) is 3. The van der Waals surface area contributed by atoms with Crippen molar-refractivity contribution in [3.63, 3.8) is 0 Å². The molecule has 57 heavy (non-hydrogen) atoms. The van der Waals surface area contributed by atoms with Gasteiger partial charge in [0.2, 0.25) is 0 Å². The molecule has 1 aliphatic heterocycles. The number of esters is 2. The van der Waals surface area contributed by atoms with Gasteiger partial charge >= 0.3 is 11.9 Å². The van der Waals surface area contributed by atoms with E-state index in [2.05, 4.69) is 62.5 Å². The molecule has 0 amide bonds. The first-order valence-corrected chi connectivity index (χ1v) is 23.9. The van der Waals surface area contributed by atoms with E-state index in [0.29, 0.717) is 36.1 Å². The lowest BCUT2D eigenvalue weighted by atomic mass is 10.1. The van der Waals surface area contributed by atoms with Crippen molar-refractivity contribution in [1.82, 2.24) is 0 Å². The molecule has 11 heteroatoms. The summed E-state index contributed by atoms with van der Waals surface area (Å²) in [5, 5.41) is 0. The van der Waals surface area contributed by atoms with Crippen LogP contribution in [0.5, 0.6) is 0 Å². The number of nitrogens with zero attached hydrogens (tertiary/aromatic N) is 1. The molecule has 0 aliphatic carbocycles. The molecule has 1 aliphatic rings. The highest BCUT2D eigenvalue weighted by atomic mass is 31.2. The minimum atomic E-state index is -4.65. The van der Waals surface area contributed by atoms with Gasteiger partial charge in [0.05, 0.1) is 40.0 Å². The fourth-order valence-corrected chi connectivity index (χ4v) is 6.82. The molecule has 10 nitrogen and oxygen atoms in total. The quantitative estimate of drug-likeness (QED) is 0.0149. The summed E-state index contributed by atoms with van der Waals surface area (Å²) in [5.74, 6) is -0.921. The molecule has 1 heterocycles. The zero-order valence-corrected chi connectivity index (χ0v) is 37.6. The molecule has 1 fully saturated rings. The average molecular weight is 824 g/mol. The van der Waals surface area contributed by atoms with Gasteiger partial charge in [0.1, 0.15) is 19.8 Å². The third-order valence-electron chi connectivity index (χ3n) is 9.75. The smallest absolute Gasteiger partial charge is 0.306 e. The number of carbonyl (C=O) groups is 2. The fourth-order valence-electron chi connectivity index (χ4n) is 6.09. The Morgan fingerprint density at radius 1 is 0.649 bits per heavy atom. The largest absolute Gasteiger partial charge is 0.756 e. The second kappa shape index (κ2) is 34.8. The van der Waals surface area contributed by atoms with Gasteiger partial charge in [-0.05, 0) is 70.6 Å². The number of carbonyl (C=O) groups excluding carboxylic acids is 2. The van der Waals surface area contributed by atoms with Crippen molar-refractivity contribution >= 4 is 19.8 Å². The van der Waals surface area contributed by atoms with Crippen LogP contribution in [-0.2, 0) is 37.4 Å². The van der Waals surface area contributed by atoms with E-state index in [4.69, 9.17) is 23.3 Å². The maximum atomic E-state index is 12.7. The molecule has 4 atom stereocenters. The summed E-state index contributed by atoms with van der Waals surface area (Å²) in [6.45, 7) is 4.09. The number of hydrogen-bond acceptors (Lipinski definition) is 9. The molecule has 0 N–H and O–H groups in total. The van der Waals surface area contributed by atoms with E-state index in [1.165, 1.54) is 57.8 Å². The normalized spacial score (nSPS) is 17.6. The Kier molecular flexibility index (Phi) is 32.3. The Bertz CT molecular complexity index is 1180. The van der Waals surface area contributed by atoms with Crippen molar-refractivity contribution in [2.24, 2.45) is 0 Å². The Hall–Kier alpha value is -2.07. The van der Waals surface area contributed by atoms with E-state index >= 15 is 0 Å². The van der Waals surface area contributed by atoms with Crippen LogP contribution in [-0.4, -0.2) is 82.2 Å². The van der Waals surface area contributed by atoms with Gasteiger partial charge in [-0.1, -0.05) is 133 Å². The first-order chi connectivity index (χ1) is 27.5. The summed E-state index contributed by atoms with van der Waals surface area (Å²) < 4.78 is 39.7. The number of quaternary nitrogens is 1. The Morgan fingerprint density at radius 3 is 1.88 bits per heavy atom. The van der Waals surface area contributed by atoms with Crippen LogP contribution in [0.4, 0.5) is 0 Å². The Balaban J connectivity index is 2.33. The second-order valence-electron chi connectivity index (χ2n) is 16.4. The Labute approximate surface area is 348 Å². The lowest BCUT2D eigenvalue weighted by Gasteiger charge is -2.28. The highest BCUT2D eigenvalue weighted by Gasteiger charge is 2.36. The molecule has 0 bridgehead atoms. The van der Waals surface area contributed by atoms with Gasteiger partial charge < -0.3 is 32.6 Å². The zero-order valence-electron chi connectivity index (χ0n) is 36.7. The summed E-state index contributed by atoms with van der Waals surface area (Å²) in [6, 6.07) is 0. The van der Waals surface area contributed by atoms with Crippen molar-refractivity contribution < 1.29 is 46.8 Å². The van der Waals surface area contributed by atoms with E-state index < -0.39 is 32.5 Å². The number of unbranched alkanes of at least 4 members (excludes halogenated alkanes) is 14. The van der Waals surface area contributed by atoms with E-state index in [1.54, 1.807) is 0 Å². The summed E-state index contributed by atoms with van der Waals surface area (Å²) >= 11 is 0. The summed E-state index contributed by atoms with van der Waals surface area (Å²) in [5.41, 5.74) is 0. The predicted molar refractivity (Wildman–Crippen MR) is 231 cm³/mol. The van der Waals surface area contributed by atoms with Gasteiger partial charge in [0.25, 0.3) is 7.82 Å². The molecule has 0 aromatic rings. The van der Waals surface area contributed by atoms with E-state index in [1.807, 2.05) is 21.1 Å². The number of phosphoric ester groups is 1. The number of rotatable bonds is 39. The van der Waals surface area contributed by atoms with E-state index in [9.17, 15) is 19.0 Å². The molecule has 0 spiro atoms. The van der Waals surface area contributed by atoms with Gasteiger partial charge in [-0.25, -0.2) is 0 Å². The lowest BCUT2D eigenvalue weighted by Crippen LogP contribution is -2.37. The van der Waals surface area contributed by atoms with Crippen molar-refractivity contribution in [3.8, 4) is 0 Å². The molecule has 1 rings (SSSR count). The van der Waals surface area contributed by atoms with Gasteiger partial charge in [0.15, 0.2) is 6.10 Å². The lowest BCUT2D eigenvalue weighted by molar-refractivity contribution is -0.870. The molecular formula is C46H82NO9P. The minimum Gasteiger partial charge on any atom is -0.756 e. The Morgan fingerprint density at radius 2 is 1.19 bits per heavy atom. The third-order valence-corrected chi connectivity index (χ3v) is 10.7. The van der Waals surface area contributed by atoms with E-state index in [0.717, 1.165) is 70.6 Å². The first kappa shape index (κ1) is 52.9. The molecule has 1 saturated heterocycles. The molecule has 3 unspecified atom stereocenters. The SMILES string of the molecule is CCCCC/C=C\CC1OC1CCCCCCCC(=O)O[C@H](COC(=O)CCC/C=C\C/C=C\C/C=C\CCCCCCCC)COP(=O)([O-])OCC[N+](C)(C)C. The van der Waals surface area contributed by atoms with Crippen molar-refractivity contribution in [3.05, 3.63) is 48.6 Å². The monoisotopic (exact) mass is 824 g/mol. The molecule has 0 saturated carbocycles. The van der Waals surface area contributed by atoms with Crippen molar-refractivity contribution in [2.75, 3.05) is 47.5 Å². The topological polar surface area (TPSA) is 124 Å². The van der Waals surface area contributed by atoms with Crippen molar-refractivity contribution in [1.29, 1.82) is 0 Å². The highest BCUT2D eigenvalue weighted by molar-refractivity contribution is 7.45. The molecule has 330 valence electrons. The third kappa shape index (κ3) is 35.6. The van der Waals surface area contributed by atoms with Crippen LogP contribution in [0.15, 0.2) is 48.6 Å². The number of epoxide rings is 1. The number of allylic oxidation sites excluding steroid dienone is 7. The summed E-state index contributed by atoms with van der Waals surface area (Å²) in [6.07, 6.45) is 41.6. The van der Waals surface area contributed by atoms with Gasteiger partial charge in [-0.3, -0.25) is 14.2 Å². The standard InChI is InChI=1S/C46H82NO9P/c1-6-8-10-12-14-15-16-17-18-19-20-21-22-23-24-28-32-36-45(48)52-40-42(41-54-57(50,51)53-39-38-47(3,4)5)55-46(49)37-33-29-25-27-31-35-44-43(56-44)34-30-26-13-11-9-7-2/h17-18,20-21,23-24,26,30,42-44H,6-16,19,22,25,27-29,31-41H2,1-5H3/b18-17-,21-20-,24-23-,30-26-/t42-,43?,44?/m1/s1.